The predicted molar refractivity (Wildman–Crippen MR) is 84.9 cm³/mol. The number of hydrogen-bond acceptors (Lipinski definition) is 3. The molecule has 0 aliphatic rings. The van der Waals surface area contributed by atoms with Crippen molar-refractivity contribution >= 4 is 32.4 Å². The number of halogens is 1. The normalized spacial score (nSPS) is 10.7. The van der Waals surface area contributed by atoms with Crippen LogP contribution >= 0.6 is 15.9 Å². The average molecular weight is 329 g/mol. The summed E-state index contributed by atoms with van der Waals surface area (Å²) >= 11 is 3.32. The molecule has 0 aliphatic heterocycles. The Labute approximate surface area is 125 Å². The first-order valence-electron chi connectivity index (χ1n) is 6.28. The number of aromatic hydroxyl groups is 1. The molecule has 100 valence electrons. The van der Waals surface area contributed by atoms with Crippen LogP contribution in [-0.2, 0) is 6.54 Å². The van der Waals surface area contributed by atoms with Crippen molar-refractivity contribution in [3.8, 4) is 5.75 Å². The van der Waals surface area contributed by atoms with Crippen LogP contribution in [0.2, 0.25) is 0 Å². The van der Waals surface area contributed by atoms with Crippen LogP contribution in [0.25, 0.3) is 10.8 Å². The molecule has 1 heterocycles. The van der Waals surface area contributed by atoms with E-state index in [9.17, 15) is 5.11 Å². The Kier molecular flexibility index (Phi) is 3.56. The second-order valence-electron chi connectivity index (χ2n) is 4.54. The van der Waals surface area contributed by atoms with Crippen LogP contribution in [0, 0.1) is 0 Å². The van der Waals surface area contributed by atoms with E-state index in [2.05, 4.69) is 32.3 Å². The number of nitrogens with one attached hydrogen (secondary N) is 1. The fourth-order valence-corrected chi connectivity index (χ4v) is 2.55. The Hall–Kier alpha value is -2.07. The van der Waals surface area contributed by atoms with Gasteiger partial charge in [0.15, 0.2) is 0 Å². The fraction of sp³-hybridized carbons (Fsp3) is 0.0625. The highest BCUT2D eigenvalue weighted by Crippen LogP contribution is 2.26. The second kappa shape index (κ2) is 5.51. The Morgan fingerprint density at radius 2 is 2.05 bits per heavy atom. The molecule has 0 radical (unpaired) electrons. The summed E-state index contributed by atoms with van der Waals surface area (Å²) < 4.78 is 0.705. The van der Waals surface area contributed by atoms with Crippen molar-refractivity contribution in [1.82, 2.24) is 4.98 Å². The molecule has 2 aromatic carbocycles. The van der Waals surface area contributed by atoms with E-state index in [0.717, 1.165) is 22.0 Å². The molecule has 0 fully saturated rings. The molecular formula is C16H13BrN2O. The summed E-state index contributed by atoms with van der Waals surface area (Å²) in [4.78, 5) is 4.17. The van der Waals surface area contributed by atoms with Gasteiger partial charge in [0.2, 0.25) is 0 Å². The highest BCUT2D eigenvalue weighted by atomic mass is 79.9. The summed E-state index contributed by atoms with van der Waals surface area (Å²) in [5.41, 5.74) is 2.15. The molecule has 3 rings (SSSR count). The summed E-state index contributed by atoms with van der Waals surface area (Å²) in [6.07, 6.45) is 3.66. The van der Waals surface area contributed by atoms with Crippen LogP contribution in [0.15, 0.2) is 59.3 Å². The van der Waals surface area contributed by atoms with Crippen LogP contribution < -0.4 is 5.32 Å². The number of rotatable bonds is 3. The number of benzene rings is 2. The maximum absolute atomic E-state index is 9.49. The van der Waals surface area contributed by atoms with Crippen LogP contribution in [0.1, 0.15) is 5.56 Å². The van der Waals surface area contributed by atoms with Gasteiger partial charge in [0, 0.05) is 30.0 Å². The number of pyridine rings is 1. The summed E-state index contributed by atoms with van der Waals surface area (Å²) in [6, 6.07) is 13.6. The van der Waals surface area contributed by atoms with Crippen molar-refractivity contribution in [2.24, 2.45) is 0 Å². The van der Waals surface area contributed by atoms with Crippen LogP contribution in [0.5, 0.6) is 5.75 Å². The Balaban J connectivity index is 1.85. The van der Waals surface area contributed by atoms with E-state index < -0.39 is 0 Å². The smallest absolute Gasteiger partial charge is 0.129 e. The third kappa shape index (κ3) is 2.60. The molecule has 0 saturated carbocycles. The monoisotopic (exact) mass is 328 g/mol. The van der Waals surface area contributed by atoms with E-state index in [4.69, 9.17) is 0 Å². The van der Waals surface area contributed by atoms with Crippen molar-refractivity contribution in [3.63, 3.8) is 0 Å². The van der Waals surface area contributed by atoms with Crippen molar-refractivity contribution in [1.29, 1.82) is 0 Å². The lowest BCUT2D eigenvalue weighted by Crippen LogP contribution is -2.00. The van der Waals surface area contributed by atoms with Gasteiger partial charge in [-0.3, -0.25) is 4.98 Å². The molecule has 0 amide bonds. The zero-order valence-corrected chi connectivity index (χ0v) is 12.3. The topological polar surface area (TPSA) is 45.1 Å². The molecule has 3 nitrogen and oxygen atoms in total. The number of phenols is 1. The average Bonchev–Trinajstić information content (AvgIpc) is 2.48. The summed E-state index contributed by atoms with van der Waals surface area (Å²) in [5.74, 6) is 0.253. The number of aromatic nitrogens is 1. The molecule has 2 N–H and O–H groups in total. The van der Waals surface area contributed by atoms with Crippen LogP contribution in [0.3, 0.4) is 0 Å². The van der Waals surface area contributed by atoms with Crippen molar-refractivity contribution in [2.75, 3.05) is 5.32 Å². The molecule has 0 bridgehead atoms. The van der Waals surface area contributed by atoms with Crippen LogP contribution in [-0.4, -0.2) is 10.1 Å². The zero-order chi connectivity index (χ0) is 13.9. The standard InChI is InChI=1S/C16H13BrN2O/c17-14-8-11(4-5-16(14)20)9-19-15-3-1-2-12-6-7-18-10-13(12)15/h1-8,10,19-20H,9H2. The highest BCUT2D eigenvalue weighted by molar-refractivity contribution is 9.10. The van der Waals surface area contributed by atoms with Gasteiger partial charge >= 0.3 is 0 Å². The SMILES string of the molecule is Oc1ccc(CNc2cccc3ccncc23)cc1Br. The van der Waals surface area contributed by atoms with E-state index >= 15 is 0 Å². The van der Waals surface area contributed by atoms with Gasteiger partial charge in [-0.25, -0.2) is 0 Å². The van der Waals surface area contributed by atoms with Crippen molar-refractivity contribution in [3.05, 3.63) is 64.9 Å². The van der Waals surface area contributed by atoms with E-state index in [-0.39, 0.29) is 5.75 Å². The van der Waals surface area contributed by atoms with Gasteiger partial charge in [0.25, 0.3) is 0 Å². The minimum absolute atomic E-state index is 0.253. The molecule has 0 atom stereocenters. The molecule has 4 heteroatoms. The quantitative estimate of drug-likeness (QED) is 0.752. The number of phenolic OH excluding ortho intramolecular Hbond substituents is 1. The maximum atomic E-state index is 9.49. The lowest BCUT2D eigenvalue weighted by Gasteiger charge is -2.10. The van der Waals surface area contributed by atoms with E-state index in [1.54, 1.807) is 12.3 Å². The van der Waals surface area contributed by atoms with Crippen molar-refractivity contribution in [2.45, 2.75) is 6.54 Å². The third-order valence-electron chi connectivity index (χ3n) is 3.18. The van der Waals surface area contributed by atoms with Gasteiger partial charge in [0.1, 0.15) is 5.75 Å². The number of anilines is 1. The lowest BCUT2D eigenvalue weighted by molar-refractivity contribution is 0.471. The Bertz CT molecular complexity index is 753. The minimum Gasteiger partial charge on any atom is -0.507 e. The van der Waals surface area contributed by atoms with E-state index in [1.165, 1.54) is 0 Å². The third-order valence-corrected chi connectivity index (χ3v) is 3.81. The van der Waals surface area contributed by atoms with Gasteiger partial charge in [-0.1, -0.05) is 18.2 Å². The number of fused-ring (bicyclic) bond motifs is 1. The molecule has 0 spiro atoms. The lowest BCUT2D eigenvalue weighted by atomic mass is 10.1. The molecule has 1 aromatic heterocycles. The predicted octanol–water partition coefficient (Wildman–Crippen LogP) is 4.32. The molecule has 20 heavy (non-hydrogen) atoms. The van der Waals surface area contributed by atoms with Gasteiger partial charge < -0.3 is 10.4 Å². The van der Waals surface area contributed by atoms with Gasteiger partial charge in [-0.15, -0.1) is 0 Å². The van der Waals surface area contributed by atoms with Gasteiger partial charge in [-0.2, -0.15) is 0 Å². The summed E-state index contributed by atoms with van der Waals surface area (Å²) in [7, 11) is 0. The first-order chi connectivity index (χ1) is 9.74. The largest absolute Gasteiger partial charge is 0.507 e. The summed E-state index contributed by atoms with van der Waals surface area (Å²) in [6.45, 7) is 0.687. The molecule has 3 aromatic rings. The Morgan fingerprint density at radius 1 is 1.15 bits per heavy atom. The first kappa shape index (κ1) is 12.9. The second-order valence-corrected chi connectivity index (χ2v) is 5.40. The van der Waals surface area contributed by atoms with Crippen molar-refractivity contribution < 1.29 is 5.11 Å². The van der Waals surface area contributed by atoms with E-state index in [1.807, 2.05) is 36.5 Å². The zero-order valence-electron chi connectivity index (χ0n) is 10.7. The Morgan fingerprint density at radius 3 is 2.90 bits per heavy atom. The molecular weight excluding hydrogens is 316 g/mol. The van der Waals surface area contributed by atoms with Gasteiger partial charge in [-0.05, 0) is 51.1 Å². The van der Waals surface area contributed by atoms with Gasteiger partial charge in [0.05, 0.1) is 4.47 Å². The minimum atomic E-state index is 0.253. The molecule has 0 aliphatic carbocycles. The number of hydrogen-bond donors (Lipinski definition) is 2. The number of nitrogens with zero attached hydrogens (tertiary/aromatic N) is 1. The highest BCUT2D eigenvalue weighted by Gasteiger charge is 2.02. The fourth-order valence-electron chi connectivity index (χ4n) is 2.13. The first-order valence-corrected chi connectivity index (χ1v) is 7.07. The molecule has 0 saturated heterocycles. The maximum Gasteiger partial charge on any atom is 0.129 e. The summed E-state index contributed by atoms with van der Waals surface area (Å²) in [5, 5.41) is 15.2. The van der Waals surface area contributed by atoms with Crippen LogP contribution in [0.4, 0.5) is 5.69 Å². The van der Waals surface area contributed by atoms with E-state index in [0.29, 0.717) is 11.0 Å². The molecule has 0 unspecified atom stereocenters.